The molecule has 0 saturated carbocycles. The summed E-state index contributed by atoms with van der Waals surface area (Å²) in [7, 11) is -2.72. The molecule has 0 spiro atoms. The second-order valence-electron chi connectivity index (χ2n) is 4.10. The highest BCUT2D eigenvalue weighted by atomic mass is 32.2. The van der Waals surface area contributed by atoms with Gasteiger partial charge in [0.2, 0.25) is 0 Å². The average Bonchev–Trinajstić information content (AvgIpc) is 2.48. The lowest BCUT2D eigenvalue weighted by Crippen LogP contribution is -2.15. The summed E-state index contributed by atoms with van der Waals surface area (Å²) in [6.07, 6.45) is 2.18. The third-order valence-corrected chi connectivity index (χ3v) is 4.12. The normalized spacial score (nSPS) is 11.2. The van der Waals surface area contributed by atoms with E-state index in [-0.39, 0.29) is 22.9 Å². The summed E-state index contributed by atoms with van der Waals surface area (Å²) >= 11 is 0. The monoisotopic (exact) mass is 312 g/mol. The van der Waals surface area contributed by atoms with Crippen molar-refractivity contribution in [2.45, 2.75) is 11.5 Å². The van der Waals surface area contributed by atoms with Crippen LogP contribution < -0.4 is 9.46 Å². The summed E-state index contributed by atoms with van der Waals surface area (Å²) < 4.78 is 45.2. The number of nitrogens with zero attached hydrogens (tertiary/aromatic N) is 1. The smallest absolute Gasteiger partial charge is 0.265 e. The molecule has 8 heteroatoms. The van der Waals surface area contributed by atoms with Crippen molar-refractivity contribution in [1.82, 2.24) is 4.98 Å². The van der Waals surface area contributed by atoms with Crippen molar-refractivity contribution in [1.29, 1.82) is 0 Å². The molecule has 0 aliphatic carbocycles. The van der Waals surface area contributed by atoms with Gasteiger partial charge in [-0.25, -0.2) is 12.8 Å². The molecule has 1 heterocycles. The van der Waals surface area contributed by atoms with Gasteiger partial charge in [-0.05, 0) is 23.8 Å². The van der Waals surface area contributed by atoms with Crippen LogP contribution in [0.2, 0.25) is 0 Å². The number of aromatic nitrogens is 1. The number of halogens is 1. The minimum Gasteiger partial charge on any atom is -0.495 e. The molecule has 2 N–H and O–H groups in total. The van der Waals surface area contributed by atoms with Crippen LogP contribution >= 0.6 is 0 Å². The lowest BCUT2D eigenvalue weighted by molar-refractivity contribution is 0.280. The highest BCUT2D eigenvalue weighted by molar-refractivity contribution is 7.92. The lowest BCUT2D eigenvalue weighted by Gasteiger charge is -2.12. The number of ether oxygens (including phenoxy) is 1. The molecular weight excluding hydrogens is 299 g/mol. The van der Waals surface area contributed by atoms with Gasteiger partial charge < -0.3 is 9.84 Å². The minimum absolute atomic E-state index is 0.0588. The molecule has 0 saturated heterocycles. The molecule has 112 valence electrons. The van der Waals surface area contributed by atoms with E-state index in [0.29, 0.717) is 5.56 Å². The molecule has 1 aromatic heterocycles. The number of hydrogen-bond donors (Lipinski definition) is 2. The van der Waals surface area contributed by atoms with Crippen LogP contribution in [0.25, 0.3) is 0 Å². The highest BCUT2D eigenvalue weighted by Crippen LogP contribution is 2.27. The van der Waals surface area contributed by atoms with E-state index in [2.05, 4.69) is 9.71 Å². The first-order chi connectivity index (χ1) is 9.97. The van der Waals surface area contributed by atoms with Gasteiger partial charge in [-0.15, -0.1) is 0 Å². The number of sulfonamides is 1. The molecule has 0 fully saturated rings. The largest absolute Gasteiger partial charge is 0.495 e. The molecule has 1 aromatic carbocycles. The van der Waals surface area contributed by atoms with Crippen molar-refractivity contribution in [2.24, 2.45) is 0 Å². The fourth-order valence-corrected chi connectivity index (χ4v) is 2.91. The molecule has 2 aromatic rings. The maximum absolute atomic E-state index is 13.5. The lowest BCUT2D eigenvalue weighted by atomic mass is 10.2. The zero-order valence-electron chi connectivity index (χ0n) is 11.1. The van der Waals surface area contributed by atoms with E-state index in [1.807, 2.05) is 0 Å². The maximum atomic E-state index is 13.5. The number of pyridine rings is 1. The van der Waals surface area contributed by atoms with E-state index in [9.17, 15) is 12.8 Å². The van der Waals surface area contributed by atoms with E-state index in [4.69, 9.17) is 9.84 Å². The molecule has 6 nitrogen and oxygen atoms in total. The van der Waals surface area contributed by atoms with Crippen molar-refractivity contribution in [2.75, 3.05) is 11.8 Å². The number of anilines is 1. The van der Waals surface area contributed by atoms with Gasteiger partial charge in [0.15, 0.2) is 5.82 Å². The Morgan fingerprint density at radius 1 is 1.38 bits per heavy atom. The summed E-state index contributed by atoms with van der Waals surface area (Å²) in [4.78, 5) is 3.39. The van der Waals surface area contributed by atoms with Crippen molar-refractivity contribution in [3.63, 3.8) is 0 Å². The summed E-state index contributed by atoms with van der Waals surface area (Å²) in [6, 6.07) is 5.34. The predicted molar refractivity (Wildman–Crippen MR) is 73.9 cm³/mol. The van der Waals surface area contributed by atoms with Crippen LogP contribution in [0, 0.1) is 5.82 Å². The molecule has 21 heavy (non-hydrogen) atoms. The van der Waals surface area contributed by atoms with Gasteiger partial charge in [0.25, 0.3) is 10.0 Å². The number of hydrogen-bond acceptors (Lipinski definition) is 5. The van der Waals surface area contributed by atoms with Crippen LogP contribution in [0.4, 0.5) is 10.1 Å². The number of rotatable bonds is 5. The second-order valence-corrected chi connectivity index (χ2v) is 5.76. The predicted octanol–water partition coefficient (Wildman–Crippen LogP) is 1.52. The first-order valence-corrected chi connectivity index (χ1v) is 7.36. The van der Waals surface area contributed by atoms with E-state index >= 15 is 0 Å². The fourth-order valence-electron chi connectivity index (χ4n) is 1.69. The van der Waals surface area contributed by atoms with E-state index in [1.54, 1.807) is 0 Å². The van der Waals surface area contributed by atoms with Gasteiger partial charge in [0.05, 0.1) is 25.6 Å². The molecule has 0 aliphatic rings. The van der Waals surface area contributed by atoms with E-state index < -0.39 is 15.8 Å². The third kappa shape index (κ3) is 3.29. The van der Waals surface area contributed by atoms with Crippen LogP contribution in [0.15, 0.2) is 41.6 Å². The molecule has 2 rings (SSSR count). The quantitative estimate of drug-likeness (QED) is 0.874. The Morgan fingerprint density at radius 2 is 2.14 bits per heavy atom. The summed E-state index contributed by atoms with van der Waals surface area (Å²) in [5.74, 6) is -0.726. The Hall–Kier alpha value is -2.19. The van der Waals surface area contributed by atoms with Crippen LogP contribution in [0.3, 0.4) is 0 Å². The SMILES string of the molecule is COc1cc(CO)ccc1S(=O)(=O)Nc1ccncc1F. The van der Waals surface area contributed by atoms with Crippen molar-refractivity contribution >= 4 is 15.7 Å². The van der Waals surface area contributed by atoms with Crippen LogP contribution in [0.1, 0.15) is 5.56 Å². The third-order valence-electron chi connectivity index (χ3n) is 2.72. The van der Waals surface area contributed by atoms with Crippen LogP contribution in [0.5, 0.6) is 5.75 Å². The minimum atomic E-state index is -4.03. The Morgan fingerprint density at radius 3 is 2.76 bits per heavy atom. The molecule has 0 amide bonds. The standard InChI is InChI=1S/C13H13FN2O4S/c1-20-12-6-9(8-17)2-3-13(12)21(18,19)16-11-4-5-15-7-10(11)14/h2-7,17H,8H2,1H3,(H,15,16). The van der Waals surface area contributed by atoms with Gasteiger partial charge in [-0.2, -0.15) is 0 Å². The highest BCUT2D eigenvalue weighted by Gasteiger charge is 2.21. The van der Waals surface area contributed by atoms with E-state index in [1.165, 1.54) is 37.6 Å². The summed E-state index contributed by atoms with van der Waals surface area (Å²) in [5, 5.41) is 9.05. The molecule has 0 unspecified atom stereocenters. The molecule has 0 atom stereocenters. The van der Waals surface area contributed by atoms with Gasteiger partial charge in [0, 0.05) is 6.20 Å². The Bertz CT molecular complexity index is 750. The zero-order valence-corrected chi connectivity index (χ0v) is 11.9. The first kappa shape index (κ1) is 15.2. The van der Waals surface area contributed by atoms with Crippen molar-refractivity contribution in [3.05, 3.63) is 48.0 Å². The van der Waals surface area contributed by atoms with Crippen molar-refractivity contribution < 1.29 is 22.7 Å². The zero-order chi connectivity index (χ0) is 15.5. The number of methoxy groups -OCH3 is 1. The number of benzene rings is 1. The van der Waals surface area contributed by atoms with Crippen molar-refractivity contribution in [3.8, 4) is 5.75 Å². The molecule has 0 radical (unpaired) electrons. The van der Waals surface area contributed by atoms with Gasteiger partial charge in [0.1, 0.15) is 10.6 Å². The average molecular weight is 312 g/mol. The van der Waals surface area contributed by atoms with Gasteiger partial charge in [-0.3, -0.25) is 9.71 Å². The Kier molecular flexibility index (Phi) is 4.39. The number of nitrogens with one attached hydrogen (secondary N) is 1. The number of aliphatic hydroxyl groups is 1. The van der Waals surface area contributed by atoms with Crippen LogP contribution in [-0.4, -0.2) is 25.6 Å². The number of aliphatic hydroxyl groups excluding tert-OH is 1. The maximum Gasteiger partial charge on any atom is 0.265 e. The van der Waals surface area contributed by atoms with Crippen LogP contribution in [-0.2, 0) is 16.6 Å². The van der Waals surface area contributed by atoms with Gasteiger partial charge >= 0.3 is 0 Å². The second kappa shape index (κ2) is 6.06. The fraction of sp³-hybridized carbons (Fsp3) is 0.154. The molecular formula is C13H13FN2O4S. The Labute approximate surface area is 121 Å². The van der Waals surface area contributed by atoms with Gasteiger partial charge in [-0.1, -0.05) is 6.07 Å². The summed E-state index contributed by atoms with van der Waals surface area (Å²) in [6.45, 7) is -0.247. The first-order valence-electron chi connectivity index (χ1n) is 5.88. The molecule has 0 bridgehead atoms. The summed E-state index contributed by atoms with van der Waals surface area (Å²) in [5.41, 5.74) is 0.291. The topological polar surface area (TPSA) is 88.5 Å². The Balaban J connectivity index is 2.42. The van der Waals surface area contributed by atoms with E-state index in [0.717, 1.165) is 6.20 Å². The molecule has 0 aliphatic heterocycles.